The van der Waals surface area contributed by atoms with Crippen LogP contribution in [-0.4, -0.2) is 19.0 Å². The lowest BCUT2D eigenvalue weighted by atomic mass is 9.83. The van der Waals surface area contributed by atoms with Gasteiger partial charge in [0.15, 0.2) is 0 Å². The van der Waals surface area contributed by atoms with Gasteiger partial charge >= 0.3 is 0 Å². The minimum atomic E-state index is 0.0429. The van der Waals surface area contributed by atoms with E-state index in [1.54, 1.807) is 0 Å². The highest BCUT2D eigenvalue weighted by Crippen LogP contribution is 2.28. The minimum absolute atomic E-state index is 0.0429. The van der Waals surface area contributed by atoms with Crippen molar-refractivity contribution in [3.05, 3.63) is 29.8 Å². The zero-order valence-corrected chi connectivity index (χ0v) is 11.7. The minimum Gasteiger partial charge on any atom is -0.385 e. The molecule has 104 valence electrons. The van der Waals surface area contributed by atoms with Gasteiger partial charge in [-0.1, -0.05) is 26.2 Å². The van der Waals surface area contributed by atoms with Gasteiger partial charge in [0.05, 0.1) is 0 Å². The van der Waals surface area contributed by atoms with E-state index in [9.17, 15) is 4.79 Å². The molecule has 0 atom stereocenters. The van der Waals surface area contributed by atoms with Crippen LogP contribution in [0.4, 0.5) is 5.69 Å². The Balaban J connectivity index is 1.74. The van der Waals surface area contributed by atoms with Gasteiger partial charge in [0.1, 0.15) is 0 Å². The van der Waals surface area contributed by atoms with E-state index in [1.807, 2.05) is 24.3 Å². The number of benzene rings is 1. The summed E-state index contributed by atoms with van der Waals surface area (Å²) in [5.41, 5.74) is 1.82. The Kier molecular flexibility index (Phi) is 5.25. The van der Waals surface area contributed by atoms with E-state index in [1.165, 1.54) is 19.3 Å². The smallest absolute Gasteiger partial charge is 0.251 e. The van der Waals surface area contributed by atoms with Crippen molar-refractivity contribution < 1.29 is 4.79 Å². The quantitative estimate of drug-likeness (QED) is 0.788. The highest BCUT2D eigenvalue weighted by atomic mass is 16.1. The van der Waals surface area contributed by atoms with Crippen LogP contribution in [0, 0.1) is 5.92 Å². The van der Waals surface area contributed by atoms with Gasteiger partial charge in [0.2, 0.25) is 0 Å². The van der Waals surface area contributed by atoms with Crippen molar-refractivity contribution in [1.29, 1.82) is 0 Å². The molecule has 0 radical (unpaired) electrons. The molecule has 1 saturated carbocycles. The summed E-state index contributed by atoms with van der Waals surface area (Å²) < 4.78 is 0. The third kappa shape index (κ3) is 4.27. The summed E-state index contributed by atoms with van der Waals surface area (Å²) in [6.07, 6.45) is 6.28. The second-order valence-corrected chi connectivity index (χ2v) is 5.35. The fourth-order valence-electron chi connectivity index (χ4n) is 2.28. The summed E-state index contributed by atoms with van der Waals surface area (Å²) in [6, 6.07) is 7.71. The van der Waals surface area contributed by atoms with Gasteiger partial charge in [-0.05, 0) is 43.0 Å². The summed E-state index contributed by atoms with van der Waals surface area (Å²) in [6.45, 7) is 3.91. The van der Waals surface area contributed by atoms with Crippen LogP contribution in [0.15, 0.2) is 24.3 Å². The molecule has 1 amide bonds. The topological polar surface area (TPSA) is 41.1 Å². The molecule has 0 heterocycles. The molecule has 0 aliphatic heterocycles. The molecule has 19 heavy (non-hydrogen) atoms. The van der Waals surface area contributed by atoms with E-state index in [0.717, 1.165) is 43.1 Å². The van der Waals surface area contributed by atoms with Crippen LogP contribution in [0.1, 0.15) is 49.4 Å². The molecule has 2 rings (SSSR count). The fraction of sp³-hybridized carbons (Fsp3) is 0.562. The Hall–Kier alpha value is -1.51. The van der Waals surface area contributed by atoms with Crippen LogP contribution >= 0.6 is 0 Å². The molecule has 1 aliphatic rings. The van der Waals surface area contributed by atoms with Gasteiger partial charge in [-0.2, -0.15) is 0 Å². The summed E-state index contributed by atoms with van der Waals surface area (Å²) in [5, 5.41) is 6.30. The van der Waals surface area contributed by atoms with Crippen molar-refractivity contribution in [1.82, 2.24) is 5.32 Å². The normalized spacial score (nSPS) is 14.8. The molecule has 0 saturated heterocycles. The average Bonchev–Trinajstić information content (AvgIpc) is 2.39. The first-order valence-corrected chi connectivity index (χ1v) is 7.41. The van der Waals surface area contributed by atoms with E-state index in [0.29, 0.717) is 0 Å². The molecule has 0 spiro atoms. The number of anilines is 1. The molecule has 3 heteroatoms. The zero-order chi connectivity index (χ0) is 13.5. The van der Waals surface area contributed by atoms with Crippen LogP contribution in [0.2, 0.25) is 0 Å². The first kappa shape index (κ1) is 13.9. The van der Waals surface area contributed by atoms with E-state index in [4.69, 9.17) is 0 Å². The summed E-state index contributed by atoms with van der Waals surface area (Å²) in [4.78, 5) is 11.9. The van der Waals surface area contributed by atoms with Gasteiger partial charge in [-0.15, -0.1) is 0 Å². The lowest BCUT2D eigenvalue weighted by Gasteiger charge is -2.25. The number of rotatable bonds is 7. The number of hydrogen-bond donors (Lipinski definition) is 2. The lowest BCUT2D eigenvalue weighted by molar-refractivity contribution is 0.0949. The van der Waals surface area contributed by atoms with Crippen molar-refractivity contribution in [3.8, 4) is 0 Å². The third-order valence-electron chi connectivity index (χ3n) is 3.79. The molecule has 3 nitrogen and oxygen atoms in total. The van der Waals surface area contributed by atoms with Crippen molar-refractivity contribution >= 4 is 11.6 Å². The van der Waals surface area contributed by atoms with Crippen molar-refractivity contribution in [3.63, 3.8) is 0 Å². The molecule has 2 N–H and O–H groups in total. The van der Waals surface area contributed by atoms with Gasteiger partial charge in [0, 0.05) is 24.3 Å². The van der Waals surface area contributed by atoms with Crippen LogP contribution in [-0.2, 0) is 0 Å². The Bertz CT molecular complexity index is 396. The van der Waals surface area contributed by atoms with Crippen molar-refractivity contribution in [2.24, 2.45) is 5.92 Å². The van der Waals surface area contributed by atoms with E-state index in [-0.39, 0.29) is 5.91 Å². The molecule has 0 bridgehead atoms. The zero-order valence-electron chi connectivity index (χ0n) is 11.7. The Morgan fingerprint density at radius 3 is 2.53 bits per heavy atom. The van der Waals surface area contributed by atoms with Crippen molar-refractivity contribution in [2.75, 3.05) is 18.4 Å². The summed E-state index contributed by atoms with van der Waals surface area (Å²) in [7, 11) is 0. The fourth-order valence-corrected chi connectivity index (χ4v) is 2.28. The highest BCUT2D eigenvalue weighted by molar-refractivity contribution is 5.94. The average molecular weight is 260 g/mol. The second-order valence-electron chi connectivity index (χ2n) is 5.35. The van der Waals surface area contributed by atoms with Gasteiger partial charge in [-0.3, -0.25) is 4.79 Å². The largest absolute Gasteiger partial charge is 0.385 e. The predicted molar refractivity (Wildman–Crippen MR) is 79.5 cm³/mol. The first-order valence-electron chi connectivity index (χ1n) is 7.41. The molecule has 0 aromatic heterocycles. The molecular formula is C16H24N2O. The second kappa shape index (κ2) is 7.17. The maximum absolute atomic E-state index is 11.9. The molecule has 1 fully saturated rings. The number of hydrogen-bond acceptors (Lipinski definition) is 2. The molecule has 1 aliphatic carbocycles. The molecular weight excluding hydrogens is 236 g/mol. The van der Waals surface area contributed by atoms with Crippen LogP contribution in [0.3, 0.4) is 0 Å². The summed E-state index contributed by atoms with van der Waals surface area (Å²) >= 11 is 0. The first-order chi connectivity index (χ1) is 9.29. The lowest BCUT2D eigenvalue weighted by Crippen LogP contribution is -2.27. The summed E-state index contributed by atoms with van der Waals surface area (Å²) in [5.74, 6) is 0.891. The van der Waals surface area contributed by atoms with E-state index in [2.05, 4.69) is 17.6 Å². The predicted octanol–water partition coefficient (Wildman–Crippen LogP) is 3.43. The Labute approximate surface area is 115 Å². The SMILES string of the molecule is CCCNc1ccc(C(=O)NCCC2CCC2)cc1. The van der Waals surface area contributed by atoms with Gasteiger partial charge in [0.25, 0.3) is 5.91 Å². The number of nitrogens with one attached hydrogen (secondary N) is 2. The maximum atomic E-state index is 11.9. The molecule has 0 unspecified atom stereocenters. The van der Waals surface area contributed by atoms with Gasteiger partial charge in [-0.25, -0.2) is 0 Å². The van der Waals surface area contributed by atoms with Crippen LogP contribution in [0.5, 0.6) is 0 Å². The third-order valence-corrected chi connectivity index (χ3v) is 3.79. The van der Waals surface area contributed by atoms with Crippen LogP contribution < -0.4 is 10.6 Å². The Morgan fingerprint density at radius 1 is 1.21 bits per heavy atom. The Morgan fingerprint density at radius 2 is 1.95 bits per heavy atom. The number of amides is 1. The van der Waals surface area contributed by atoms with Gasteiger partial charge < -0.3 is 10.6 Å². The monoisotopic (exact) mass is 260 g/mol. The molecule has 1 aromatic rings. The van der Waals surface area contributed by atoms with E-state index < -0.39 is 0 Å². The maximum Gasteiger partial charge on any atom is 0.251 e. The van der Waals surface area contributed by atoms with Crippen molar-refractivity contribution in [2.45, 2.75) is 39.0 Å². The van der Waals surface area contributed by atoms with Crippen LogP contribution in [0.25, 0.3) is 0 Å². The number of carbonyl (C=O) groups is 1. The van der Waals surface area contributed by atoms with E-state index >= 15 is 0 Å². The standard InChI is InChI=1S/C16H24N2O/c1-2-11-17-15-8-6-14(7-9-15)16(19)18-12-10-13-4-3-5-13/h6-9,13,17H,2-5,10-12H2,1H3,(H,18,19). The molecule has 1 aromatic carbocycles. The highest BCUT2D eigenvalue weighted by Gasteiger charge is 2.16. The number of carbonyl (C=O) groups excluding carboxylic acids is 1.